The first-order chi connectivity index (χ1) is 6.47. The van der Waals surface area contributed by atoms with E-state index in [9.17, 15) is 0 Å². The Morgan fingerprint density at radius 1 is 1.29 bits per heavy atom. The second-order valence-electron chi connectivity index (χ2n) is 4.52. The molecule has 2 rings (SSSR count). The fourth-order valence-electron chi connectivity index (χ4n) is 1.39. The summed E-state index contributed by atoms with van der Waals surface area (Å²) in [5, 5.41) is 1.16. The SMILES string of the molecule is CC(C)(C)c1cc2cc(Br)cnc2[nH]1. The molecule has 0 saturated carbocycles. The number of H-pyrrole nitrogens is 1. The monoisotopic (exact) mass is 252 g/mol. The number of hydrogen-bond acceptors (Lipinski definition) is 1. The summed E-state index contributed by atoms with van der Waals surface area (Å²) in [6.45, 7) is 6.56. The van der Waals surface area contributed by atoms with E-state index in [0.717, 1.165) is 15.5 Å². The second-order valence-corrected chi connectivity index (χ2v) is 5.44. The maximum atomic E-state index is 4.31. The lowest BCUT2D eigenvalue weighted by Gasteiger charge is -2.15. The lowest BCUT2D eigenvalue weighted by Crippen LogP contribution is -2.11. The van der Waals surface area contributed by atoms with Crippen LogP contribution in [0.2, 0.25) is 0 Å². The summed E-state index contributed by atoms with van der Waals surface area (Å²) < 4.78 is 1.02. The van der Waals surface area contributed by atoms with Crippen LogP contribution < -0.4 is 0 Å². The molecule has 0 aliphatic rings. The molecule has 0 radical (unpaired) electrons. The molecule has 2 aromatic rings. The lowest BCUT2D eigenvalue weighted by molar-refractivity contribution is 0.574. The molecule has 2 aromatic heterocycles. The Morgan fingerprint density at radius 3 is 2.64 bits per heavy atom. The number of aromatic nitrogens is 2. The molecular weight excluding hydrogens is 240 g/mol. The van der Waals surface area contributed by atoms with E-state index in [0.29, 0.717) is 0 Å². The average Bonchev–Trinajstić information content (AvgIpc) is 2.45. The number of fused-ring (bicyclic) bond motifs is 1. The fourth-order valence-corrected chi connectivity index (χ4v) is 1.74. The summed E-state index contributed by atoms with van der Waals surface area (Å²) >= 11 is 3.42. The molecule has 0 atom stereocenters. The average molecular weight is 253 g/mol. The first-order valence-electron chi connectivity index (χ1n) is 4.61. The van der Waals surface area contributed by atoms with Crippen molar-refractivity contribution in [1.82, 2.24) is 9.97 Å². The number of aromatic amines is 1. The first kappa shape index (κ1) is 9.71. The van der Waals surface area contributed by atoms with E-state index in [4.69, 9.17) is 0 Å². The van der Waals surface area contributed by atoms with Crippen molar-refractivity contribution in [2.24, 2.45) is 0 Å². The summed E-state index contributed by atoms with van der Waals surface area (Å²) in [5.74, 6) is 0. The number of nitrogens with one attached hydrogen (secondary N) is 1. The Bertz CT molecular complexity index is 466. The van der Waals surface area contributed by atoms with Gasteiger partial charge in [-0.05, 0) is 28.1 Å². The molecule has 0 bridgehead atoms. The van der Waals surface area contributed by atoms with E-state index in [1.165, 1.54) is 5.69 Å². The van der Waals surface area contributed by atoms with E-state index in [1.54, 1.807) is 0 Å². The van der Waals surface area contributed by atoms with Crippen LogP contribution in [0.1, 0.15) is 26.5 Å². The molecule has 0 aliphatic carbocycles. The Hall–Kier alpha value is -0.830. The highest BCUT2D eigenvalue weighted by molar-refractivity contribution is 9.10. The van der Waals surface area contributed by atoms with Gasteiger partial charge in [0.2, 0.25) is 0 Å². The molecule has 0 fully saturated rings. The number of nitrogens with zero attached hydrogens (tertiary/aromatic N) is 1. The second kappa shape index (κ2) is 3.09. The maximum absolute atomic E-state index is 4.31. The van der Waals surface area contributed by atoms with Gasteiger partial charge in [0.1, 0.15) is 5.65 Å². The van der Waals surface area contributed by atoms with Crippen LogP contribution in [0, 0.1) is 0 Å². The Balaban J connectivity index is 2.63. The molecule has 0 amide bonds. The van der Waals surface area contributed by atoms with Crippen LogP contribution in [0.15, 0.2) is 22.8 Å². The van der Waals surface area contributed by atoms with Crippen molar-refractivity contribution in [2.75, 3.05) is 0 Å². The molecule has 0 spiro atoms. The van der Waals surface area contributed by atoms with Crippen molar-refractivity contribution in [3.63, 3.8) is 0 Å². The molecule has 74 valence electrons. The third-order valence-corrected chi connectivity index (χ3v) is 2.68. The van der Waals surface area contributed by atoms with Gasteiger partial charge < -0.3 is 4.98 Å². The van der Waals surface area contributed by atoms with Gasteiger partial charge in [0, 0.05) is 27.2 Å². The van der Waals surface area contributed by atoms with E-state index in [1.807, 2.05) is 6.20 Å². The molecule has 0 aromatic carbocycles. The van der Waals surface area contributed by atoms with Gasteiger partial charge in [0.15, 0.2) is 0 Å². The Kier molecular flexibility index (Phi) is 2.14. The van der Waals surface area contributed by atoms with Crippen molar-refractivity contribution in [3.05, 3.63) is 28.5 Å². The maximum Gasteiger partial charge on any atom is 0.137 e. The number of rotatable bonds is 0. The van der Waals surface area contributed by atoms with Crippen molar-refractivity contribution in [3.8, 4) is 0 Å². The Morgan fingerprint density at radius 2 is 2.00 bits per heavy atom. The molecule has 2 heterocycles. The standard InChI is InChI=1S/C11H13BrN2/c1-11(2,3)9-5-7-4-8(12)6-13-10(7)14-9/h4-6H,1-3H3,(H,13,14). The van der Waals surface area contributed by atoms with Crippen LogP contribution in [0.3, 0.4) is 0 Å². The third-order valence-electron chi connectivity index (χ3n) is 2.24. The summed E-state index contributed by atoms with van der Waals surface area (Å²) in [6.07, 6.45) is 1.81. The van der Waals surface area contributed by atoms with Gasteiger partial charge in [-0.15, -0.1) is 0 Å². The minimum absolute atomic E-state index is 0.146. The van der Waals surface area contributed by atoms with Crippen molar-refractivity contribution >= 4 is 27.0 Å². The number of pyridine rings is 1. The van der Waals surface area contributed by atoms with Gasteiger partial charge in [0.05, 0.1) is 0 Å². The smallest absolute Gasteiger partial charge is 0.137 e. The molecule has 0 unspecified atom stereocenters. The minimum Gasteiger partial charge on any atom is -0.343 e. The topological polar surface area (TPSA) is 28.7 Å². The number of hydrogen-bond donors (Lipinski definition) is 1. The van der Waals surface area contributed by atoms with E-state index in [2.05, 4.69) is 58.8 Å². The van der Waals surface area contributed by atoms with Crippen LogP contribution >= 0.6 is 15.9 Å². The van der Waals surface area contributed by atoms with Gasteiger partial charge in [-0.1, -0.05) is 20.8 Å². The normalized spacial score (nSPS) is 12.3. The summed E-state index contributed by atoms with van der Waals surface area (Å²) in [7, 11) is 0. The van der Waals surface area contributed by atoms with Crippen molar-refractivity contribution in [1.29, 1.82) is 0 Å². The summed E-state index contributed by atoms with van der Waals surface area (Å²) in [5.41, 5.74) is 2.32. The van der Waals surface area contributed by atoms with E-state index >= 15 is 0 Å². The molecular formula is C11H13BrN2. The highest BCUT2D eigenvalue weighted by Gasteiger charge is 2.16. The van der Waals surface area contributed by atoms with Gasteiger partial charge in [-0.2, -0.15) is 0 Å². The molecule has 14 heavy (non-hydrogen) atoms. The Labute approximate surface area is 91.9 Å². The zero-order valence-electron chi connectivity index (χ0n) is 8.56. The predicted molar refractivity (Wildman–Crippen MR) is 62.5 cm³/mol. The molecule has 0 aliphatic heterocycles. The van der Waals surface area contributed by atoms with Gasteiger partial charge in [0.25, 0.3) is 0 Å². The van der Waals surface area contributed by atoms with Crippen LogP contribution in [-0.2, 0) is 5.41 Å². The van der Waals surface area contributed by atoms with Crippen LogP contribution in [-0.4, -0.2) is 9.97 Å². The van der Waals surface area contributed by atoms with Crippen LogP contribution in [0.4, 0.5) is 0 Å². The zero-order chi connectivity index (χ0) is 10.3. The van der Waals surface area contributed by atoms with Gasteiger partial charge >= 0.3 is 0 Å². The van der Waals surface area contributed by atoms with Crippen molar-refractivity contribution in [2.45, 2.75) is 26.2 Å². The summed E-state index contributed by atoms with van der Waals surface area (Å²) in [6, 6.07) is 4.24. The first-order valence-corrected chi connectivity index (χ1v) is 5.41. The lowest BCUT2D eigenvalue weighted by atomic mass is 9.92. The predicted octanol–water partition coefficient (Wildman–Crippen LogP) is 3.62. The molecule has 3 heteroatoms. The van der Waals surface area contributed by atoms with Crippen LogP contribution in [0.5, 0.6) is 0 Å². The number of halogens is 1. The summed E-state index contributed by atoms with van der Waals surface area (Å²) in [4.78, 5) is 7.64. The van der Waals surface area contributed by atoms with Crippen LogP contribution in [0.25, 0.3) is 11.0 Å². The van der Waals surface area contributed by atoms with E-state index < -0.39 is 0 Å². The van der Waals surface area contributed by atoms with Gasteiger partial charge in [-0.25, -0.2) is 4.98 Å². The largest absolute Gasteiger partial charge is 0.343 e. The van der Waals surface area contributed by atoms with Crippen molar-refractivity contribution < 1.29 is 0 Å². The zero-order valence-corrected chi connectivity index (χ0v) is 10.1. The van der Waals surface area contributed by atoms with Gasteiger partial charge in [-0.3, -0.25) is 0 Å². The van der Waals surface area contributed by atoms with E-state index in [-0.39, 0.29) is 5.41 Å². The highest BCUT2D eigenvalue weighted by atomic mass is 79.9. The molecule has 0 saturated heterocycles. The third kappa shape index (κ3) is 1.69. The molecule has 2 nitrogen and oxygen atoms in total. The highest BCUT2D eigenvalue weighted by Crippen LogP contribution is 2.26. The minimum atomic E-state index is 0.146. The quantitative estimate of drug-likeness (QED) is 0.763. The fraction of sp³-hybridized carbons (Fsp3) is 0.364. The molecule has 1 N–H and O–H groups in total.